The Balaban J connectivity index is 3.28. The Morgan fingerprint density at radius 2 is 1.13 bits per heavy atom. The van der Waals surface area contributed by atoms with Gasteiger partial charge >= 0.3 is 7.82 Å². The van der Waals surface area contributed by atoms with E-state index in [0.29, 0.717) is 6.42 Å². The summed E-state index contributed by atoms with van der Waals surface area (Å²) in [7, 11) is -4.32. The highest BCUT2D eigenvalue weighted by atomic mass is 31.2. The maximum absolute atomic E-state index is 10.8. The van der Waals surface area contributed by atoms with Crippen LogP contribution in [0.1, 0.15) is 110 Å². The number of hydrogen-bond acceptors (Lipinski definition) is 2. The fourth-order valence-corrected chi connectivity index (χ4v) is 3.56. The van der Waals surface area contributed by atoms with Crippen LogP contribution in [0.5, 0.6) is 0 Å². The first-order valence-corrected chi connectivity index (χ1v) is 11.3. The molecule has 0 aromatic heterocycles. The van der Waals surface area contributed by atoms with Crippen LogP contribution in [0, 0.1) is 0 Å². The monoisotopic (exact) mass is 350 g/mol. The van der Waals surface area contributed by atoms with Crippen LogP contribution < -0.4 is 0 Å². The van der Waals surface area contributed by atoms with E-state index in [1.165, 1.54) is 70.6 Å². The largest absolute Gasteiger partial charge is 0.469 e. The van der Waals surface area contributed by atoms with Crippen molar-refractivity contribution in [2.45, 2.75) is 116 Å². The van der Waals surface area contributed by atoms with E-state index >= 15 is 0 Å². The van der Waals surface area contributed by atoms with E-state index < -0.39 is 7.82 Å². The molecule has 0 aliphatic rings. The molecule has 0 saturated heterocycles. The maximum atomic E-state index is 10.8. The summed E-state index contributed by atoms with van der Waals surface area (Å²) in [6.07, 6.45) is 18.1. The molecule has 0 heterocycles. The topological polar surface area (TPSA) is 66.8 Å². The lowest BCUT2D eigenvalue weighted by molar-refractivity contribution is 0.121. The van der Waals surface area contributed by atoms with Gasteiger partial charge in [0.25, 0.3) is 0 Å². The Kier molecular flexibility index (Phi) is 15.7. The summed E-state index contributed by atoms with van der Waals surface area (Å²) >= 11 is 0. The summed E-state index contributed by atoms with van der Waals surface area (Å²) in [5.41, 5.74) is 0. The lowest BCUT2D eigenvalue weighted by Crippen LogP contribution is -2.09. The number of phosphoric ester groups is 1. The van der Waals surface area contributed by atoms with Gasteiger partial charge in [0.05, 0.1) is 6.10 Å². The average Bonchev–Trinajstić information content (AvgIpc) is 2.49. The summed E-state index contributed by atoms with van der Waals surface area (Å²) in [6.45, 7) is 4.16. The molecule has 0 aliphatic carbocycles. The summed E-state index contributed by atoms with van der Waals surface area (Å²) < 4.78 is 15.6. The first kappa shape index (κ1) is 23.1. The van der Waals surface area contributed by atoms with Gasteiger partial charge in [-0.3, -0.25) is 4.52 Å². The second kappa shape index (κ2) is 15.6. The molecule has 0 amide bonds. The smallest absolute Gasteiger partial charge is 0.303 e. The van der Waals surface area contributed by atoms with Crippen molar-refractivity contribution < 1.29 is 18.9 Å². The molecule has 4 nitrogen and oxygen atoms in total. The number of rotatable bonds is 17. The molecule has 0 rings (SSSR count). The van der Waals surface area contributed by atoms with Crippen molar-refractivity contribution in [3.05, 3.63) is 0 Å². The van der Waals surface area contributed by atoms with Gasteiger partial charge in [-0.2, -0.15) is 0 Å². The number of unbranched alkanes of at least 4 members (excludes halogenated alkanes) is 12. The summed E-state index contributed by atoms with van der Waals surface area (Å²) in [4.78, 5) is 17.6. The van der Waals surface area contributed by atoms with E-state index in [0.717, 1.165) is 19.3 Å². The summed E-state index contributed by atoms with van der Waals surface area (Å²) in [5, 5.41) is 0. The van der Waals surface area contributed by atoms with E-state index in [2.05, 4.69) is 6.92 Å². The van der Waals surface area contributed by atoms with Crippen molar-refractivity contribution in [1.29, 1.82) is 0 Å². The second-order valence-electron chi connectivity index (χ2n) is 6.66. The lowest BCUT2D eigenvalue weighted by Gasteiger charge is -2.16. The van der Waals surface area contributed by atoms with Crippen molar-refractivity contribution in [3.63, 3.8) is 0 Å². The Morgan fingerprint density at radius 1 is 0.739 bits per heavy atom. The zero-order chi connectivity index (χ0) is 17.4. The molecule has 2 N–H and O–H groups in total. The minimum Gasteiger partial charge on any atom is -0.303 e. The van der Waals surface area contributed by atoms with Crippen LogP contribution in [0.25, 0.3) is 0 Å². The van der Waals surface area contributed by atoms with Crippen molar-refractivity contribution in [3.8, 4) is 0 Å². The third kappa shape index (κ3) is 18.3. The first-order chi connectivity index (χ1) is 11.0. The molecule has 0 bridgehead atoms. The summed E-state index contributed by atoms with van der Waals surface area (Å²) in [6, 6.07) is 0. The second-order valence-corrected chi connectivity index (χ2v) is 7.85. The third-order valence-corrected chi connectivity index (χ3v) is 4.94. The zero-order valence-corrected chi connectivity index (χ0v) is 16.2. The van der Waals surface area contributed by atoms with Gasteiger partial charge in [0.1, 0.15) is 0 Å². The van der Waals surface area contributed by atoms with Gasteiger partial charge < -0.3 is 9.79 Å². The van der Waals surface area contributed by atoms with Gasteiger partial charge in [0.2, 0.25) is 0 Å². The first-order valence-electron chi connectivity index (χ1n) is 9.73. The average molecular weight is 350 g/mol. The molecule has 5 heteroatoms. The minimum absolute atomic E-state index is 0.302. The maximum Gasteiger partial charge on any atom is 0.469 e. The van der Waals surface area contributed by atoms with Crippen LogP contribution in [0.15, 0.2) is 0 Å². The van der Waals surface area contributed by atoms with Gasteiger partial charge in [0, 0.05) is 0 Å². The molecular weight excluding hydrogens is 311 g/mol. The van der Waals surface area contributed by atoms with Crippen molar-refractivity contribution in [2.75, 3.05) is 0 Å². The molecule has 140 valence electrons. The predicted molar refractivity (Wildman–Crippen MR) is 97.5 cm³/mol. The molecule has 0 aromatic rings. The number of phosphoric acid groups is 1. The lowest BCUT2D eigenvalue weighted by atomic mass is 10.0. The number of hydrogen-bond donors (Lipinski definition) is 2. The molecule has 0 spiro atoms. The highest BCUT2D eigenvalue weighted by Crippen LogP contribution is 2.39. The molecule has 0 radical (unpaired) electrons. The standard InChI is InChI=1S/C18H39O4P/c1-3-5-6-7-8-9-10-11-12-13-14-15-16-17-18(4-2)22-23(19,20)21/h18H,3-17H2,1-2H3,(H2,19,20,21). The Hall–Kier alpha value is 0.110. The molecular formula is C18H39O4P. The van der Waals surface area contributed by atoms with Gasteiger partial charge in [0.15, 0.2) is 0 Å². The van der Waals surface area contributed by atoms with Crippen LogP contribution in [0.3, 0.4) is 0 Å². The Bertz CT molecular complexity index is 291. The Morgan fingerprint density at radius 3 is 1.48 bits per heavy atom. The van der Waals surface area contributed by atoms with Crippen molar-refractivity contribution in [2.24, 2.45) is 0 Å². The van der Waals surface area contributed by atoms with Crippen LogP contribution in [0.4, 0.5) is 0 Å². The van der Waals surface area contributed by atoms with E-state index in [4.69, 9.17) is 14.3 Å². The zero-order valence-electron chi connectivity index (χ0n) is 15.3. The molecule has 1 unspecified atom stereocenters. The van der Waals surface area contributed by atoms with Gasteiger partial charge in [-0.1, -0.05) is 97.3 Å². The van der Waals surface area contributed by atoms with Crippen molar-refractivity contribution in [1.82, 2.24) is 0 Å². The van der Waals surface area contributed by atoms with Crippen LogP contribution in [-0.4, -0.2) is 15.9 Å². The molecule has 1 atom stereocenters. The van der Waals surface area contributed by atoms with Gasteiger partial charge in [-0.15, -0.1) is 0 Å². The van der Waals surface area contributed by atoms with Crippen molar-refractivity contribution >= 4 is 7.82 Å². The van der Waals surface area contributed by atoms with E-state index in [-0.39, 0.29) is 6.10 Å². The highest BCUT2D eigenvalue weighted by molar-refractivity contribution is 7.46. The third-order valence-electron chi connectivity index (χ3n) is 4.37. The summed E-state index contributed by atoms with van der Waals surface area (Å²) in [5.74, 6) is 0. The van der Waals surface area contributed by atoms with E-state index in [1.54, 1.807) is 0 Å². The molecule has 0 aliphatic heterocycles. The fourth-order valence-electron chi connectivity index (χ4n) is 2.92. The van der Waals surface area contributed by atoms with E-state index in [1.807, 2.05) is 6.92 Å². The van der Waals surface area contributed by atoms with Gasteiger partial charge in [-0.25, -0.2) is 4.57 Å². The van der Waals surface area contributed by atoms with Crippen LogP contribution >= 0.6 is 7.82 Å². The fraction of sp³-hybridized carbons (Fsp3) is 1.00. The van der Waals surface area contributed by atoms with Crippen LogP contribution in [-0.2, 0) is 9.09 Å². The highest BCUT2D eigenvalue weighted by Gasteiger charge is 2.20. The molecule has 23 heavy (non-hydrogen) atoms. The predicted octanol–water partition coefficient (Wildman–Crippen LogP) is 6.36. The SMILES string of the molecule is CCCCCCCCCCCCCCCC(CC)OP(=O)(O)O. The Labute approximate surface area is 143 Å². The minimum atomic E-state index is -4.32. The quantitative estimate of drug-likeness (QED) is 0.237. The normalized spacial score (nSPS) is 13.4. The molecule has 0 aromatic carbocycles. The van der Waals surface area contributed by atoms with E-state index in [9.17, 15) is 4.57 Å². The molecule has 0 fully saturated rings. The van der Waals surface area contributed by atoms with Crippen LogP contribution in [0.2, 0.25) is 0 Å². The van der Waals surface area contributed by atoms with Gasteiger partial charge in [-0.05, 0) is 12.8 Å². The molecule has 0 saturated carbocycles.